The van der Waals surface area contributed by atoms with Gasteiger partial charge in [-0.25, -0.2) is 4.68 Å². The molecule has 2 unspecified atom stereocenters. The highest BCUT2D eigenvalue weighted by Gasteiger charge is 2.52. The molecular formula is C33H34Cl2N6O3. The SMILES string of the molecule is C.NC(=O)[C@H](Cc1ccccc1)NC(=O)[C@H]1C2CCC(C2)[C@H]1NC(=O)c1cc(-c2cccnc2)n(-c2ccc(Cl)c(Cl)c2)n1. The predicted molar refractivity (Wildman–Crippen MR) is 170 cm³/mol. The third-order valence-corrected chi connectivity index (χ3v) is 9.25. The molecule has 3 amide bonds. The molecule has 228 valence electrons. The normalized spacial score (nSPS) is 20.9. The Labute approximate surface area is 266 Å². The van der Waals surface area contributed by atoms with Crippen molar-refractivity contribution in [2.75, 3.05) is 0 Å². The maximum atomic E-state index is 13.7. The van der Waals surface area contributed by atoms with Gasteiger partial charge in [0.05, 0.1) is 27.3 Å². The maximum Gasteiger partial charge on any atom is 0.272 e. The Kier molecular flexibility index (Phi) is 9.36. The van der Waals surface area contributed by atoms with Gasteiger partial charge in [0, 0.05) is 30.4 Å². The van der Waals surface area contributed by atoms with E-state index in [4.69, 9.17) is 28.9 Å². The summed E-state index contributed by atoms with van der Waals surface area (Å²) in [5.74, 6) is -1.47. The first kappa shape index (κ1) is 31.2. The zero-order chi connectivity index (χ0) is 30.1. The summed E-state index contributed by atoms with van der Waals surface area (Å²) >= 11 is 12.4. The van der Waals surface area contributed by atoms with E-state index in [9.17, 15) is 14.4 Å². The molecule has 4 aromatic rings. The first-order valence-electron chi connectivity index (χ1n) is 14.2. The molecule has 0 radical (unpaired) electrons. The number of benzene rings is 2. The van der Waals surface area contributed by atoms with E-state index in [1.807, 2.05) is 36.4 Å². The number of aromatic nitrogens is 3. The van der Waals surface area contributed by atoms with Gasteiger partial charge in [-0.1, -0.05) is 61.0 Å². The molecule has 4 N–H and O–H groups in total. The number of hydrogen-bond acceptors (Lipinski definition) is 5. The van der Waals surface area contributed by atoms with Gasteiger partial charge in [0.1, 0.15) is 6.04 Å². The monoisotopic (exact) mass is 632 g/mol. The second-order valence-corrected chi connectivity index (χ2v) is 12.0. The van der Waals surface area contributed by atoms with E-state index < -0.39 is 29.8 Å². The average Bonchev–Trinajstić information content (AvgIpc) is 3.75. The molecular weight excluding hydrogens is 599 g/mol. The number of rotatable bonds is 9. The van der Waals surface area contributed by atoms with Gasteiger partial charge in [-0.05, 0) is 73.1 Å². The topological polar surface area (TPSA) is 132 Å². The van der Waals surface area contributed by atoms with E-state index in [0.29, 0.717) is 27.8 Å². The van der Waals surface area contributed by atoms with Crippen molar-refractivity contribution in [3.63, 3.8) is 0 Å². The molecule has 11 heteroatoms. The minimum Gasteiger partial charge on any atom is -0.368 e. The van der Waals surface area contributed by atoms with Crippen molar-refractivity contribution in [3.05, 3.63) is 100 Å². The summed E-state index contributed by atoms with van der Waals surface area (Å²) in [5.41, 5.74) is 8.78. The highest BCUT2D eigenvalue weighted by atomic mass is 35.5. The summed E-state index contributed by atoms with van der Waals surface area (Å²) in [6, 6.07) is 18.7. The fourth-order valence-electron chi connectivity index (χ4n) is 6.47. The smallest absolute Gasteiger partial charge is 0.272 e. The van der Waals surface area contributed by atoms with E-state index >= 15 is 0 Å². The Morgan fingerprint density at radius 2 is 1.75 bits per heavy atom. The lowest BCUT2D eigenvalue weighted by molar-refractivity contribution is -0.131. The number of nitrogens with two attached hydrogens (primary N) is 1. The number of nitrogens with one attached hydrogen (secondary N) is 2. The molecule has 2 heterocycles. The van der Waals surface area contributed by atoms with Crippen LogP contribution in [0.1, 0.15) is 42.7 Å². The molecule has 2 bridgehead atoms. The first-order valence-corrected chi connectivity index (χ1v) is 14.9. The summed E-state index contributed by atoms with van der Waals surface area (Å²) in [6.45, 7) is 0. The van der Waals surface area contributed by atoms with Crippen LogP contribution in [0.2, 0.25) is 10.0 Å². The number of hydrogen-bond donors (Lipinski definition) is 3. The summed E-state index contributed by atoms with van der Waals surface area (Å²) in [7, 11) is 0. The first-order chi connectivity index (χ1) is 20.8. The third kappa shape index (κ3) is 6.34. The maximum absolute atomic E-state index is 13.7. The zero-order valence-electron chi connectivity index (χ0n) is 23.1. The van der Waals surface area contributed by atoms with Gasteiger partial charge in [0.2, 0.25) is 11.8 Å². The molecule has 2 saturated carbocycles. The number of carbonyl (C=O) groups excluding carboxylic acids is 3. The lowest BCUT2D eigenvalue weighted by atomic mass is 9.83. The van der Waals surface area contributed by atoms with Gasteiger partial charge in [-0.15, -0.1) is 0 Å². The predicted octanol–water partition coefficient (Wildman–Crippen LogP) is 5.23. The standard InChI is InChI=1S/C32H30Cl2N6O3.CH4/c33-23-11-10-22(15-24(23)34)40-27(21-7-4-12-36-17-21)16-26(39-40)31(42)38-29-20-9-8-19(14-20)28(29)32(43)37-25(30(35)41)13-18-5-2-1-3-6-18;/h1-7,10-12,15-17,19-20,25,28-29H,8-9,13-14H2,(H2,35,41)(H,37,43)(H,38,42);1H4/t19?,20?,25-,28-,29+;/m0./s1. The van der Waals surface area contributed by atoms with Crippen LogP contribution in [-0.2, 0) is 16.0 Å². The second kappa shape index (κ2) is 13.2. The van der Waals surface area contributed by atoms with Crippen LogP contribution in [0, 0.1) is 17.8 Å². The zero-order valence-corrected chi connectivity index (χ0v) is 24.6. The Hall–Kier alpha value is -4.21. The van der Waals surface area contributed by atoms with Gasteiger partial charge in [0.15, 0.2) is 5.69 Å². The molecule has 6 rings (SSSR count). The number of fused-ring (bicyclic) bond motifs is 2. The van der Waals surface area contributed by atoms with Crippen molar-refractivity contribution in [2.24, 2.45) is 23.5 Å². The summed E-state index contributed by atoms with van der Waals surface area (Å²) in [6.07, 6.45) is 6.30. The van der Waals surface area contributed by atoms with Crippen molar-refractivity contribution in [2.45, 2.75) is 45.2 Å². The Morgan fingerprint density at radius 3 is 2.45 bits per heavy atom. The van der Waals surface area contributed by atoms with Gasteiger partial charge < -0.3 is 16.4 Å². The molecule has 44 heavy (non-hydrogen) atoms. The minimum absolute atomic E-state index is 0. The third-order valence-electron chi connectivity index (χ3n) is 8.51. The number of pyridine rings is 1. The minimum atomic E-state index is -0.852. The summed E-state index contributed by atoms with van der Waals surface area (Å²) in [4.78, 5) is 43.8. The fourth-order valence-corrected chi connectivity index (χ4v) is 6.76. The Bertz CT molecular complexity index is 1660. The van der Waals surface area contributed by atoms with Crippen molar-refractivity contribution >= 4 is 40.9 Å². The summed E-state index contributed by atoms with van der Waals surface area (Å²) < 4.78 is 1.63. The van der Waals surface area contributed by atoms with E-state index in [1.165, 1.54) is 0 Å². The quantitative estimate of drug-likeness (QED) is 0.232. The van der Waals surface area contributed by atoms with Gasteiger partial charge in [0.25, 0.3) is 5.91 Å². The van der Waals surface area contributed by atoms with Gasteiger partial charge in [-0.2, -0.15) is 5.10 Å². The Balaban J connectivity index is 0.00000384. The largest absolute Gasteiger partial charge is 0.368 e. The molecule has 2 aliphatic rings. The van der Waals surface area contributed by atoms with Crippen molar-refractivity contribution in [1.82, 2.24) is 25.4 Å². The molecule has 0 spiro atoms. The van der Waals surface area contributed by atoms with Crippen molar-refractivity contribution in [1.29, 1.82) is 0 Å². The molecule has 2 aromatic heterocycles. The number of carbonyl (C=O) groups is 3. The molecule has 9 nitrogen and oxygen atoms in total. The molecule has 2 aromatic carbocycles. The highest BCUT2D eigenvalue weighted by molar-refractivity contribution is 6.42. The molecule has 0 saturated heterocycles. The van der Waals surface area contributed by atoms with Gasteiger partial charge in [-0.3, -0.25) is 19.4 Å². The van der Waals surface area contributed by atoms with Crippen LogP contribution < -0.4 is 16.4 Å². The van der Waals surface area contributed by atoms with Crippen LogP contribution in [-0.4, -0.2) is 44.6 Å². The van der Waals surface area contributed by atoms with E-state index in [2.05, 4.69) is 20.7 Å². The van der Waals surface area contributed by atoms with Crippen LogP contribution in [0.5, 0.6) is 0 Å². The van der Waals surface area contributed by atoms with Crippen LogP contribution in [0.25, 0.3) is 16.9 Å². The molecule has 0 aliphatic heterocycles. The van der Waals surface area contributed by atoms with E-state index in [-0.39, 0.29) is 30.9 Å². The van der Waals surface area contributed by atoms with Crippen LogP contribution >= 0.6 is 23.2 Å². The van der Waals surface area contributed by atoms with E-state index in [1.54, 1.807) is 47.4 Å². The van der Waals surface area contributed by atoms with Crippen molar-refractivity contribution in [3.8, 4) is 16.9 Å². The number of nitrogens with zero attached hydrogens (tertiary/aromatic N) is 3. The Morgan fingerprint density at radius 1 is 0.977 bits per heavy atom. The number of primary amides is 1. The lowest BCUT2D eigenvalue weighted by Crippen LogP contribution is -2.54. The molecule has 2 fully saturated rings. The summed E-state index contributed by atoms with van der Waals surface area (Å²) in [5, 5.41) is 11.4. The number of amides is 3. The van der Waals surface area contributed by atoms with Crippen LogP contribution in [0.4, 0.5) is 0 Å². The molecule has 2 aliphatic carbocycles. The average molecular weight is 634 g/mol. The second-order valence-electron chi connectivity index (χ2n) is 11.2. The van der Waals surface area contributed by atoms with Gasteiger partial charge >= 0.3 is 0 Å². The number of halogens is 2. The fraction of sp³-hybridized carbons (Fsp3) is 0.303. The van der Waals surface area contributed by atoms with Crippen LogP contribution in [0.3, 0.4) is 0 Å². The van der Waals surface area contributed by atoms with Crippen molar-refractivity contribution < 1.29 is 14.4 Å². The lowest BCUT2D eigenvalue weighted by Gasteiger charge is -2.31. The molecule has 5 atom stereocenters. The van der Waals surface area contributed by atoms with Crippen LogP contribution in [0.15, 0.2) is 79.1 Å². The van der Waals surface area contributed by atoms with E-state index in [0.717, 1.165) is 30.4 Å². The highest BCUT2D eigenvalue weighted by Crippen LogP contribution is 2.48.